The van der Waals surface area contributed by atoms with Gasteiger partial charge >= 0.3 is 5.97 Å². The van der Waals surface area contributed by atoms with E-state index in [4.69, 9.17) is 15.3 Å². The topological polar surface area (TPSA) is 82.4 Å². The molecule has 21 heavy (non-hydrogen) atoms. The average Bonchev–Trinajstić information content (AvgIpc) is 2.46. The molecule has 0 aliphatic heterocycles. The highest BCUT2D eigenvalue weighted by atomic mass is 16.5. The SMILES string of the molecule is C=C(CCCC(=O)O)NC(Cc1ccccc1)C(=N)OC. The monoisotopic (exact) mass is 290 g/mol. The highest BCUT2D eigenvalue weighted by molar-refractivity contribution is 5.79. The van der Waals surface area contributed by atoms with Crippen molar-refractivity contribution in [2.75, 3.05) is 7.11 Å². The summed E-state index contributed by atoms with van der Waals surface area (Å²) in [4.78, 5) is 10.5. The van der Waals surface area contributed by atoms with Crippen LogP contribution in [0.3, 0.4) is 0 Å². The summed E-state index contributed by atoms with van der Waals surface area (Å²) in [5.41, 5.74) is 1.81. The zero-order valence-corrected chi connectivity index (χ0v) is 12.3. The molecule has 1 atom stereocenters. The average molecular weight is 290 g/mol. The van der Waals surface area contributed by atoms with E-state index in [2.05, 4.69) is 11.9 Å². The standard InChI is InChI=1S/C16H22N2O3/c1-12(7-6-10-15(19)20)18-14(16(17)21-2)11-13-8-4-3-5-9-13/h3-5,8-9,14,17-18H,1,6-7,10-11H2,2H3,(H,19,20). The van der Waals surface area contributed by atoms with Crippen molar-refractivity contribution >= 4 is 11.9 Å². The summed E-state index contributed by atoms with van der Waals surface area (Å²) < 4.78 is 5.01. The van der Waals surface area contributed by atoms with Crippen LogP contribution >= 0.6 is 0 Å². The fraction of sp³-hybridized carbons (Fsp3) is 0.375. The number of methoxy groups -OCH3 is 1. The van der Waals surface area contributed by atoms with E-state index in [1.165, 1.54) is 7.11 Å². The maximum atomic E-state index is 10.5. The first-order valence-corrected chi connectivity index (χ1v) is 6.85. The van der Waals surface area contributed by atoms with Gasteiger partial charge in [-0.15, -0.1) is 0 Å². The van der Waals surface area contributed by atoms with Crippen LogP contribution in [0.4, 0.5) is 0 Å². The molecule has 5 heteroatoms. The Kier molecular flexibility index (Phi) is 7.01. The van der Waals surface area contributed by atoms with Crippen LogP contribution in [0, 0.1) is 5.41 Å². The van der Waals surface area contributed by atoms with E-state index in [9.17, 15) is 4.79 Å². The van der Waals surface area contributed by atoms with Crippen LogP contribution in [0.1, 0.15) is 24.8 Å². The summed E-state index contributed by atoms with van der Waals surface area (Å²) in [6.07, 6.45) is 1.82. The molecule has 114 valence electrons. The number of carbonyl (C=O) groups is 1. The lowest BCUT2D eigenvalue weighted by Gasteiger charge is -2.21. The maximum Gasteiger partial charge on any atom is 0.303 e. The number of hydrogen-bond acceptors (Lipinski definition) is 4. The summed E-state index contributed by atoms with van der Waals surface area (Å²) >= 11 is 0. The lowest BCUT2D eigenvalue weighted by Crippen LogP contribution is -2.38. The molecular formula is C16H22N2O3. The number of hydrogen-bond donors (Lipinski definition) is 3. The van der Waals surface area contributed by atoms with Crippen LogP contribution in [0.5, 0.6) is 0 Å². The molecule has 0 saturated carbocycles. The van der Waals surface area contributed by atoms with Gasteiger partial charge in [0.2, 0.25) is 5.90 Å². The third-order valence-electron chi connectivity index (χ3n) is 3.07. The predicted molar refractivity (Wildman–Crippen MR) is 82.4 cm³/mol. The zero-order valence-electron chi connectivity index (χ0n) is 12.3. The van der Waals surface area contributed by atoms with Gasteiger partial charge in [-0.05, 0) is 18.4 Å². The molecular weight excluding hydrogens is 268 g/mol. The first-order valence-electron chi connectivity index (χ1n) is 6.85. The minimum Gasteiger partial charge on any atom is -0.483 e. The molecule has 0 aliphatic rings. The van der Waals surface area contributed by atoms with E-state index in [0.717, 1.165) is 11.3 Å². The number of ether oxygens (including phenoxy) is 1. The van der Waals surface area contributed by atoms with Gasteiger partial charge in [0.1, 0.15) is 6.04 Å². The van der Waals surface area contributed by atoms with E-state index in [1.54, 1.807) is 0 Å². The van der Waals surface area contributed by atoms with Crippen molar-refractivity contribution in [2.45, 2.75) is 31.7 Å². The summed E-state index contributed by atoms with van der Waals surface area (Å²) in [7, 11) is 1.47. The molecule has 0 fully saturated rings. The first-order chi connectivity index (χ1) is 10.0. The molecule has 0 bridgehead atoms. The fourth-order valence-electron chi connectivity index (χ4n) is 1.97. The van der Waals surface area contributed by atoms with Gasteiger partial charge in [-0.1, -0.05) is 36.9 Å². The lowest BCUT2D eigenvalue weighted by molar-refractivity contribution is -0.137. The van der Waals surface area contributed by atoms with Gasteiger partial charge in [-0.25, -0.2) is 0 Å². The minimum atomic E-state index is -0.812. The van der Waals surface area contributed by atoms with Gasteiger partial charge in [-0.2, -0.15) is 0 Å². The normalized spacial score (nSPS) is 11.5. The summed E-state index contributed by atoms with van der Waals surface area (Å²) in [5, 5.41) is 19.6. The summed E-state index contributed by atoms with van der Waals surface area (Å²) in [6, 6.07) is 9.53. The Balaban J connectivity index is 2.56. The minimum absolute atomic E-state index is 0.117. The van der Waals surface area contributed by atoms with Crippen molar-refractivity contribution in [1.29, 1.82) is 5.41 Å². The van der Waals surface area contributed by atoms with Gasteiger partial charge in [0.05, 0.1) is 7.11 Å². The zero-order chi connectivity index (χ0) is 15.7. The van der Waals surface area contributed by atoms with Crippen molar-refractivity contribution in [2.24, 2.45) is 0 Å². The highest BCUT2D eigenvalue weighted by Crippen LogP contribution is 2.09. The van der Waals surface area contributed by atoms with Gasteiger partial charge in [0.25, 0.3) is 0 Å². The Morgan fingerprint density at radius 1 is 1.38 bits per heavy atom. The number of nitrogens with one attached hydrogen (secondary N) is 2. The Hall–Kier alpha value is -2.30. The Labute approximate surface area is 125 Å². The van der Waals surface area contributed by atoms with Crippen LogP contribution in [0.25, 0.3) is 0 Å². The Morgan fingerprint density at radius 2 is 2.05 bits per heavy atom. The second-order valence-electron chi connectivity index (χ2n) is 4.81. The van der Waals surface area contributed by atoms with Gasteiger partial charge in [-0.3, -0.25) is 10.2 Å². The van der Waals surface area contributed by atoms with Crippen molar-refractivity contribution in [3.63, 3.8) is 0 Å². The van der Waals surface area contributed by atoms with Crippen molar-refractivity contribution in [3.05, 3.63) is 48.2 Å². The second kappa shape index (κ2) is 8.79. The number of carboxylic acid groups (broad SMARTS) is 1. The van der Waals surface area contributed by atoms with Crippen molar-refractivity contribution in [3.8, 4) is 0 Å². The first kappa shape index (κ1) is 16.8. The van der Waals surface area contributed by atoms with Crippen LogP contribution in [0.15, 0.2) is 42.6 Å². The van der Waals surface area contributed by atoms with Crippen molar-refractivity contribution < 1.29 is 14.6 Å². The van der Waals surface area contributed by atoms with E-state index in [1.807, 2.05) is 30.3 Å². The molecule has 5 nitrogen and oxygen atoms in total. The summed E-state index contributed by atoms with van der Waals surface area (Å²) in [6.45, 7) is 3.89. The third-order valence-corrected chi connectivity index (χ3v) is 3.07. The number of benzene rings is 1. The molecule has 1 rings (SSSR count). The molecule has 0 spiro atoms. The molecule has 1 aromatic carbocycles. The highest BCUT2D eigenvalue weighted by Gasteiger charge is 2.16. The second-order valence-corrected chi connectivity index (χ2v) is 4.81. The molecule has 0 aromatic heterocycles. The Bertz CT molecular complexity index is 486. The molecule has 0 amide bonds. The predicted octanol–water partition coefficient (Wildman–Crippen LogP) is 2.58. The van der Waals surface area contributed by atoms with Crippen LogP contribution in [-0.4, -0.2) is 30.1 Å². The quantitative estimate of drug-likeness (QED) is 0.482. The molecule has 3 N–H and O–H groups in total. The Morgan fingerprint density at radius 3 is 2.62 bits per heavy atom. The third kappa shape index (κ3) is 6.61. The molecule has 0 saturated heterocycles. The van der Waals surface area contributed by atoms with E-state index < -0.39 is 5.97 Å². The molecule has 0 radical (unpaired) electrons. The lowest BCUT2D eigenvalue weighted by atomic mass is 10.0. The number of rotatable bonds is 9. The number of allylic oxidation sites excluding steroid dienone is 1. The maximum absolute atomic E-state index is 10.5. The van der Waals surface area contributed by atoms with Crippen LogP contribution < -0.4 is 5.32 Å². The van der Waals surface area contributed by atoms with Gasteiger partial charge in [0.15, 0.2) is 0 Å². The molecule has 0 aliphatic carbocycles. The molecule has 0 heterocycles. The molecule has 1 aromatic rings. The molecule has 1 unspecified atom stereocenters. The summed E-state index contributed by atoms with van der Waals surface area (Å²) in [5.74, 6) is -0.675. The van der Waals surface area contributed by atoms with Gasteiger partial charge in [0, 0.05) is 18.5 Å². The number of aliphatic carboxylic acids is 1. The smallest absolute Gasteiger partial charge is 0.303 e. The van der Waals surface area contributed by atoms with Crippen LogP contribution in [-0.2, 0) is 16.0 Å². The van der Waals surface area contributed by atoms with Crippen molar-refractivity contribution in [1.82, 2.24) is 5.32 Å². The number of carboxylic acids is 1. The van der Waals surface area contributed by atoms with E-state index >= 15 is 0 Å². The van der Waals surface area contributed by atoms with E-state index in [-0.39, 0.29) is 18.4 Å². The fourth-order valence-corrected chi connectivity index (χ4v) is 1.97. The van der Waals surface area contributed by atoms with Gasteiger partial charge < -0.3 is 15.2 Å². The van der Waals surface area contributed by atoms with Crippen LogP contribution in [0.2, 0.25) is 0 Å². The largest absolute Gasteiger partial charge is 0.483 e. The van der Waals surface area contributed by atoms with E-state index in [0.29, 0.717) is 19.3 Å².